The summed E-state index contributed by atoms with van der Waals surface area (Å²) in [7, 11) is -3.33. The number of anilines is 1. The summed E-state index contributed by atoms with van der Waals surface area (Å²) in [5.74, 6) is 0.490. The van der Waals surface area contributed by atoms with E-state index in [-0.39, 0.29) is 17.3 Å². The van der Waals surface area contributed by atoms with E-state index < -0.39 is 9.84 Å². The van der Waals surface area contributed by atoms with Gasteiger partial charge in [0.25, 0.3) is 5.91 Å². The molecule has 2 aromatic heterocycles. The minimum atomic E-state index is -3.33. The number of carbonyl (C=O) groups excluding carboxylic acids is 1. The first-order valence-corrected chi connectivity index (χ1v) is 13.2. The molecule has 0 saturated heterocycles. The third-order valence-corrected chi connectivity index (χ3v) is 7.89. The summed E-state index contributed by atoms with van der Waals surface area (Å²) < 4.78 is 30.1. The van der Waals surface area contributed by atoms with Crippen molar-refractivity contribution in [3.63, 3.8) is 0 Å². The molecule has 1 aliphatic carbocycles. The summed E-state index contributed by atoms with van der Waals surface area (Å²) in [5.41, 5.74) is 3.83. The second kappa shape index (κ2) is 8.18. The number of aromatic nitrogens is 1. The number of aryl methyl sites for hydroxylation is 2. The smallest absolute Gasteiger partial charge is 0.260 e. The highest BCUT2D eigenvalue weighted by Crippen LogP contribution is 2.33. The fraction of sp³-hybridized carbons (Fsp3) is 0.250. The summed E-state index contributed by atoms with van der Waals surface area (Å²) in [5, 5.41) is 0.504. The van der Waals surface area contributed by atoms with Crippen LogP contribution in [0.2, 0.25) is 0 Å². The molecule has 0 atom stereocenters. The maximum atomic E-state index is 13.6. The average molecular weight is 467 g/mol. The molecule has 0 N–H and O–H groups in total. The van der Waals surface area contributed by atoms with Gasteiger partial charge in [-0.3, -0.25) is 9.69 Å². The highest BCUT2D eigenvalue weighted by Gasteiger charge is 2.24. The zero-order chi connectivity index (χ0) is 22.3. The van der Waals surface area contributed by atoms with Gasteiger partial charge in [-0.2, -0.15) is 0 Å². The number of benzene rings is 2. The number of furan rings is 1. The number of thiazole rings is 1. The van der Waals surface area contributed by atoms with E-state index in [4.69, 9.17) is 4.42 Å². The largest absolute Gasteiger partial charge is 0.467 e. The fourth-order valence-corrected chi connectivity index (χ4v) is 5.77. The summed E-state index contributed by atoms with van der Waals surface area (Å²) in [4.78, 5) is 20.1. The van der Waals surface area contributed by atoms with Crippen LogP contribution in [0.5, 0.6) is 0 Å². The molecule has 1 aliphatic rings. The second-order valence-electron chi connectivity index (χ2n) is 8.06. The molecule has 0 fully saturated rings. The van der Waals surface area contributed by atoms with Crippen molar-refractivity contribution in [1.82, 2.24) is 4.98 Å². The fourth-order valence-electron chi connectivity index (χ4n) is 4.05. The van der Waals surface area contributed by atoms with E-state index in [1.54, 1.807) is 35.4 Å². The molecule has 0 aliphatic heterocycles. The topological polar surface area (TPSA) is 80.5 Å². The summed E-state index contributed by atoms with van der Waals surface area (Å²) in [6.45, 7) is 0.238. The Bertz CT molecular complexity index is 1410. The van der Waals surface area contributed by atoms with Crippen molar-refractivity contribution < 1.29 is 17.6 Å². The summed E-state index contributed by atoms with van der Waals surface area (Å²) in [6, 6.07) is 14.4. The molecule has 32 heavy (non-hydrogen) atoms. The van der Waals surface area contributed by atoms with Crippen molar-refractivity contribution in [1.29, 1.82) is 0 Å². The van der Waals surface area contributed by atoms with Gasteiger partial charge in [-0.15, -0.1) is 0 Å². The third kappa shape index (κ3) is 4.08. The number of amides is 1. The molecule has 6 nitrogen and oxygen atoms in total. The van der Waals surface area contributed by atoms with Gasteiger partial charge in [-0.25, -0.2) is 13.4 Å². The molecule has 1 amide bonds. The van der Waals surface area contributed by atoms with Gasteiger partial charge < -0.3 is 4.42 Å². The van der Waals surface area contributed by atoms with Crippen molar-refractivity contribution >= 4 is 42.4 Å². The Labute approximate surface area is 190 Å². The number of hydrogen-bond donors (Lipinski definition) is 0. The van der Waals surface area contributed by atoms with Crippen LogP contribution in [-0.2, 0) is 29.2 Å². The molecule has 0 bridgehead atoms. The van der Waals surface area contributed by atoms with E-state index in [1.165, 1.54) is 35.1 Å². The Balaban J connectivity index is 1.56. The standard InChI is InChI=1S/C24H22N2O4S2/c1-32(28,29)20-10-11-21-22(14-20)31-24(25-21)26(15-19-7-4-12-30-19)23(27)18-9-8-16-5-2-3-6-17(16)13-18/h4,7-14H,2-3,5-6,15H2,1H3. The highest BCUT2D eigenvalue weighted by molar-refractivity contribution is 7.90. The first-order chi connectivity index (χ1) is 15.4. The van der Waals surface area contributed by atoms with Crippen molar-refractivity contribution in [3.8, 4) is 0 Å². The molecule has 0 spiro atoms. The van der Waals surface area contributed by atoms with Gasteiger partial charge in [0.2, 0.25) is 0 Å². The van der Waals surface area contributed by atoms with E-state index in [2.05, 4.69) is 11.1 Å². The van der Waals surface area contributed by atoms with Crippen LogP contribution in [0.3, 0.4) is 0 Å². The van der Waals surface area contributed by atoms with Gasteiger partial charge in [-0.1, -0.05) is 17.4 Å². The van der Waals surface area contributed by atoms with Crippen LogP contribution in [-0.4, -0.2) is 25.6 Å². The Morgan fingerprint density at radius 1 is 1.09 bits per heavy atom. The van der Waals surface area contributed by atoms with Crippen LogP contribution in [0.25, 0.3) is 10.2 Å². The van der Waals surface area contributed by atoms with Crippen LogP contribution in [0.15, 0.2) is 64.1 Å². The maximum absolute atomic E-state index is 13.6. The van der Waals surface area contributed by atoms with Gasteiger partial charge >= 0.3 is 0 Å². The van der Waals surface area contributed by atoms with Gasteiger partial charge in [-0.05, 0) is 79.3 Å². The van der Waals surface area contributed by atoms with Gasteiger partial charge in [0.15, 0.2) is 15.0 Å². The predicted octanol–water partition coefficient (Wildman–Crippen LogP) is 5.02. The Morgan fingerprint density at radius 3 is 2.66 bits per heavy atom. The lowest BCUT2D eigenvalue weighted by molar-refractivity contribution is 0.0983. The molecule has 8 heteroatoms. The van der Waals surface area contributed by atoms with Gasteiger partial charge in [0.05, 0.1) is 27.9 Å². The van der Waals surface area contributed by atoms with Crippen molar-refractivity contribution in [2.45, 2.75) is 37.1 Å². The van der Waals surface area contributed by atoms with E-state index >= 15 is 0 Å². The number of hydrogen-bond acceptors (Lipinski definition) is 6. The Kier molecular flexibility index (Phi) is 5.35. The number of carbonyl (C=O) groups is 1. The first-order valence-electron chi connectivity index (χ1n) is 10.5. The molecule has 2 aromatic carbocycles. The minimum absolute atomic E-state index is 0.155. The lowest BCUT2D eigenvalue weighted by atomic mass is 9.90. The average Bonchev–Trinajstić information content (AvgIpc) is 3.45. The van der Waals surface area contributed by atoms with E-state index in [0.29, 0.717) is 26.7 Å². The SMILES string of the molecule is CS(=O)(=O)c1ccc2nc(N(Cc3ccco3)C(=O)c3ccc4c(c3)CCCC4)sc2c1. The molecule has 4 aromatic rings. The van der Waals surface area contributed by atoms with Crippen LogP contribution in [0.4, 0.5) is 5.13 Å². The lowest BCUT2D eigenvalue weighted by Crippen LogP contribution is -2.30. The van der Waals surface area contributed by atoms with Crippen molar-refractivity contribution in [2.75, 3.05) is 11.2 Å². The molecule has 0 radical (unpaired) electrons. The van der Waals surface area contributed by atoms with E-state index in [0.717, 1.165) is 19.3 Å². The minimum Gasteiger partial charge on any atom is -0.467 e. The highest BCUT2D eigenvalue weighted by atomic mass is 32.2. The first kappa shape index (κ1) is 20.9. The van der Waals surface area contributed by atoms with E-state index in [9.17, 15) is 13.2 Å². The zero-order valence-corrected chi connectivity index (χ0v) is 19.2. The molecule has 0 saturated carbocycles. The van der Waals surface area contributed by atoms with Gasteiger partial charge in [0.1, 0.15) is 5.76 Å². The molecule has 2 heterocycles. The Morgan fingerprint density at radius 2 is 1.91 bits per heavy atom. The normalized spacial score (nSPS) is 13.8. The molecular weight excluding hydrogens is 444 g/mol. The zero-order valence-electron chi connectivity index (χ0n) is 17.6. The predicted molar refractivity (Wildman–Crippen MR) is 125 cm³/mol. The van der Waals surface area contributed by atoms with Crippen LogP contribution >= 0.6 is 11.3 Å². The number of nitrogens with zero attached hydrogens (tertiary/aromatic N) is 2. The quantitative estimate of drug-likeness (QED) is 0.413. The monoisotopic (exact) mass is 466 g/mol. The Hall–Kier alpha value is -2.97. The maximum Gasteiger partial charge on any atom is 0.260 e. The van der Waals surface area contributed by atoms with Crippen molar-refractivity contribution in [3.05, 3.63) is 77.2 Å². The number of sulfone groups is 1. The lowest BCUT2D eigenvalue weighted by Gasteiger charge is -2.21. The van der Waals surface area contributed by atoms with Gasteiger partial charge in [0, 0.05) is 11.8 Å². The van der Waals surface area contributed by atoms with Crippen LogP contribution in [0, 0.1) is 0 Å². The summed E-state index contributed by atoms with van der Waals surface area (Å²) >= 11 is 1.30. The van der Waals surface area contributed by atoms with Crippen molar-refractivity contribution in [2.24, 2.45) is 0 Å². The van der Waals surface area contributed by atoms with Crippen LogP contribution < -0.4 is 4.90 Å². The summed E-state index contributed by atoms with van der Waals surface area (Å²) in [6.07, 6.45) is 7.13. The second-order valence-corrected chi connectivity index (χ2v) is 11.1. The number of fused-ring (bicyclic) bond motifs is 2. The van der Waals surface area contributed by atoms with E-state index in [1.807, 2.05) is 18.2 Å². The third-order valence-electron chi connectivity index (χ3n) is 5.74. The molecular formula is C24H22N2O4S2. The molecule has 5 rings (SSSR count). The number of rotatable bonds is 5. The molecule has 164 valence electrons. The van der Waals surface area contributed by atoms with Crippen LogP contribution in [0.1, 0.15) is 40.1 Å². The molecule has 0 unspecified atom stereocenters.